The first-order valence-electron chi connectivity index (χ1n) is 8.75. The molecule has 3 atom stereocenters. The van der Waals surface area contributed by atoms with Crippen LogP contribution in [0, 0.1) is 11.8 Å². The standard InChI is InChI=1S/C17H30N2O/c1-3-7-15-18-17(10-4-5-11-17)16(20)19(15)12-14-9-6-8-13(14)2/h13-15,18H,3-12H2,1-2H3. The van der Waals surface area contributed by atoms with Gasteiger partial charge in [-0.1, -0.05) is 46.0 Å². The molecule has 3 nitrogen and oxygen atoms in total. The number of hydrogen-bond donors (Lipinski definition) is 1. The van der Waals surface area contributed by atoms with Gasteiger partial charge in [0.1, 0.15) is 0 Å². The molecular weight excluding hydrogens is 248 g/mol. The molecule has 1 amide bonds. The fourth-order valence-electron chi connectivity index (χ4n) is 4.67. The van der Waals surface area contributed by atoms with E-state index < -0.39 is 0 Å². The summed E-state index contributed by atoms with van der Waals surface area (Å²) in [5.41, 5.74) is -0.179. The van der Waals surface area contributed by atoms with Crippen molar-refractivity contribution in [1.29, 1.82) is 0 Å². The average Bonchev–Trinajstić information content (AvgIpc) is 3.10. The summed E-state index contributed by atoms with van der Waals surface area (Å²) in [6.07, 6.45) is 11.1. The van der Waals surface area contributed by atoms with Gasteiger partial charge in [-0.05, 0) is 37.5 Å². The highest BCUT2D eigenvalue weighted by molar-refractivity contribution is 5.89. The molecule has 20 heavy (non-hydrogen) atoms. The zero-order chi connectivity index (χ0) is 14.2. The molecule has 3 unspecified atom stereocenters. The third kappa shape index (κ3) is 2.38. The van der Waals surface area contributed by atoms with Gasteiger partial charge in [-0.2, -0.15) is 0 Å². The minimum absolute atomic E-state index is 0.179. The minimum atomic E-state index is -0.179. The predicted molar refractivity (Wildman–Crippen MR) is 81.2 cm³/mol. The summed E-state index contributed by atoms with van der Waals surface area (Å²) in [6, 6.07) is 0. The first kappa shape index (κ1) is 14.4. The molecule has 3 aliphatic rings. The Bertz CT molecular complexity index is 362. The zero-order valence-corrected chi connectivity index (χ0v) is 13.2. The molecule has 0 radical (unpaired) electrons. The van der Waals surface area contributed by atoms with E-state index in [0.29, 0.717) is 12.1 Å². The number of amides is 1. The fourth-order valence-corrected chi connectivity index (χ4v) is 4.67. The summed E-state index contributed by atoms with van der Waals surface area (Å²) in [7, 11) is 0. The number of nitrogens with one attached hydrogen (secondary N) is 1. The number of hydrogen-bond acceptors (Lipinski definition) is 2. The summed E-state index contributed by atoms with van der Waals surface area (Å²) in [5.74, 6) is 1.95. The second kappa shape index (κ2) is 5.67. The number of nitrogens with zero attached hydrogens (tertiary/aromatic N) is 1. The van der Waals surface area contributed by atoms with Crippen molar-refractivity contribution in [1.82, 2.24) is 10.2 Å². The lowest BCUT2D eigenvalue weighted by molar-refractivity contribution is -0.134. The van der Waals surface area contributed by atoms with Crippen LogP contribution in [-0.2, 0) is 4.79 Å². The monoisotopic (exact) mass is 278 g/mol. The molecule has 1 spiro atoms. The zero-order valence-electron chi connectivity index (χ0n) is 13.2. The highest BCUT2D eigenvalue weighted by Gasteiger charge is 2.52. The molecule has 2 aliphatic carbocycles. The maximum Gasteiger partial charge on any atom is 0.244 e. The van der Waals surface area contributed by atoms with Crippen LogP contribution in [-0.4, -0.2) is 29.1 Å². The highest BCUT2D eigenvalue weighted by atomic mass is 16.2. The molecule has 3 rings (SSSR count). The normalized spacial score (nSPS) is 36.4. The van der Waals surface area contributed by atoms with Crippen LogP contribution in [0.2, 0.25) is 0 Å². The lowest BCUT2D eigenvalue weighted by Crippen LogP contribution is -2.44. The van der Waals surface area contributed by atoms with E-state index in [1.165, 1.54) is 32.1 Å². The molecule has 114 valence electrons. The highest BCUT2D eigenvalue weighted by Crippen LogP contribution is 2.39. The SMILES string of the molecule is CCCC1NC2(CCCC2)C(=O)N1CC1CCCC1C. The lowest BCUT2D eigenvalue weighted by atomic mass is 9.95. The summed E-state index contributed by atoms with van der Waals surface area (Å²) >= 11 is 0. The molecule has 1 saturated heterocycles. The van der Waals surface area contributed by atoms with Crippen molar-refractivity contribution >= 4 is 5.91 Å². The van der Waals surface area contributed by atoms with Crippen LogP contribution >= 0.6 is 0 Å². The van der Waals surface area contributed by atoms with Gasteiger partial charge >= 0.3 is 0 Å². The van der Waals surface area contributed by atoms with Crippen LogP contribution in [0.1, 0.15) is 71.6 Å². The van der Waals surface area contributed by atoms with E-state index in [0.717, 1.165) is 44.1 Å². The molecule has 0 aromatic carbocycles. The van der Waals surface area contributed by atoms with Gasteiger partial charge in [0.15, 0.2) is 0 Å². The number of rotatable bonds is 4. The molecule has 1 aliphatic heterocycles. The Hall–Kier alpha value is -0.570. The van der Waals surface area contributed by atoms with Crippen LogP contribution in [0.15, 0.2) is 0 Å². The van der Waals surface area contributed by atoms with Crippen molar-refractivity contribution in [2.75, 3.05) is 6.54 Å². The first-order chi connectivity index (χ1) is 9.66. The third-order valence-corrected chi connectivity index (χ3v) is 5.98. The molecular formula is C17H30N2O. The first-order valence-corrected chi connectivity index (χ1v) is 8.75. The Morgan fingerprint density at radius 2 is 2.00 bits per heavy atom. The van der Waals surface area contributed by atoms with E-state index in [1.54, 1.807) is 0 Å². The Morgan fingerprint density at radius 3 is 2.60 bits per heavy atom. The second-order valence-corrected chi connectivity index (χ2v) is 7.36. The summed E-state index contributed by atoms with van der Waals surface area (Å²) < 4.78 is 0. The largest absolute Gasteiger partial charge is 0.325 e. The molecule has 0 bridgehead atoms. The van der Waals surface area contributed by atoms with Gasteiger partial charge in [-0.3, -0.25) is 10.1 Å². The molecule has 0 aromatic rings. The van der Waals surface area contributed by atoms with Crippen molar-refractivity contribution in [2.24, 2.45) is 11.8 Å². The molecule has 2 saturated carbocycles. The van der Waals surface area contributed by atoms with E-state index in [4.69, 9.17) is 0 Å². The van der Waals surface area contributed by atoms with Gasteiger partial charge in [-0.25, -0.2) is 0 Å². The van der Waals surface area contributed by atoms with Crippen LogP contribution in [0.3, 0.4) is 0 Å². The molecule has 3 heteroatoms. The van der Waals surface area contributed by atoms with Gasteiger partial charge in [0.2, 0.25) is 5.91 Å². The maximum atomic E-state index is 13.0. The van der Waals surface area contributed by atoms with Crippen molar-refractivity contribution in [3.63, 3.8) is 0 Å². The van der Waals surface area contributed by atoms with E-state index in [1.807, 2.05) is 0 Å². The van der Waals surface area contributed by atoms with E-state index in [-0.39, 0.29) is 5.54 Å². The summed E-state index contributed by atoms with van der Waals surface area (Å²) in [4.78, 5) is 15.2. The van der Waals surface area contributed by atoms with Gasteiger partial charge in [0, 0.05) is 6.54 Å². The van der Waals surface area contributed by atoms with E-state index in [9.17, 15) is 4.79 Å². The predicted octanol–water partition coefficient (Wildman–Crippen LogP) is 3.29. The van der Waals surface area contributed by atoms with Gasteiger partial charge < -0.3 is 4.90 Å². The van der Waals surface area contributed by atoms with Crippen LogP contribution in [0.25, 0.3) is 0 Å². The summed E-state index contributed by atoms with van der Waals surface area (Å²) in [6.45, 7) is 5.59. The average molecular weight is 278 g/mol. The minimum Gasteiger partial charge on any atom is -0.325 e. The topological polar surface area (TPSA) is 32.3 Å². The van der Waals surface area contributed by atoms with Crippen LogP contribution < -0.4 is 5.32 Å². The van der Waals surface area contributed by atoms with E-state index >= 15 is 0 Å². The molecule has 3 fully saturated rings. The molecule has 1 N–H and O–H groups in total. The fraction of sp³-hybridized carbons (Fsp3) is 0.941. The Morgan fingerprint density at radius 1 is 1.25 bits per heavy atom. The van der Waals surface area contributed by atoms with Crippen molar-refractivity contribution in [2.45, 2.75) is 83.3 Å². The molecule has 0 aromatic heterocycles. The molecule has 1 heterocycles. The number of carbonyl (C=O) groups is 1. The smallest absolute Gasteiger partial charge is 0.244 e. The van der Waals surface area contributed by atoms with Gasteiger partial charge in [0.05, 0.1) is 11.7 Å². The van der Waals surface area contributed by atoms with Gasteiger partial charge in [0.25, 0.3) is 0 Å². The Labute approximate surface area is 123 Å². The van der Waals surface area contributed by atoms with E-state index in [2.05, 4.69) is 24.1 Å². The van der Waals surface area contributed by atoms with Crippen LogP contribution in [0.4, 0.5) is 0 Å². The quantitative estimate of drug-likeness (QED) is 0.856. The maximum absolute atomic E-state index is 13.0. The Balaban J connectivity index is 1.73. The lowest BCUT2D eigenvalue weighted by Gasteiger charge is -2.28. The number of carbonyl (C=O) groups excluding carboxylic acids is 1. The van der Waals surface area contributed by atoms with Crippen molar-refractivity contribution < 1.29 is 4.79 Å². The second-order valence-electron chi connectivity index (χ2n) is 7.36. The summed E-state index contributed by atoms with van der Waals surface area (Å²) in [5, 5.41) is 3.73. The van der Waals surface area contributed by atoms with Crippen molar-refractivity contribution in [3.05, 3.63) is 0 Å². The van der Waals surface area contributed by atoms with Gasteiger partial charge in [-0.15, -0.1) is 0 Å². The third-order valence-electron chi connectivity index (χ3n) is 5.98. The van der Waals surface area contributed by atoms with Crippen molar-refractivity contribution in [3.8, 4) is 0 Å². The van der Waals surface area contributed by atoms with Crippen LogP contribution in [0.5, 0.6) is 0 Å². The Kier molecular flexibility index (Phi) is 4.07.